The third kappa shape index (κ3) is 1.72. The maximum atomic E-state index is 12.0. The molecule has 0 spiro atoms. The molecule has 2 heterocycles. The Morgan fingerprint density at radius 3 is 2.94 bits per heavy atom. The summed E-state index contributed by atoms with van der Waals surface area (Å²) in [4.78, 5) is 2.39. The molecule has 1 atom stereocenters. The molecule has 5 nitrogen and oxygen atoms in total. The van der Waals surface area contributed by atoms with E-state index in [0.717, 1.165) is 25.2 Å². The van der Waals surface area contributed by atoms with Crippen molar-refractivity contribution in [3.8, 4) is 0 Å². The van der Waals surface area contributed by atoms with E-state index in [1.807, 2.05) is 12.1 Å². The van der Waals surface area contributed by atoms with Crippen LogP contribution in [0.4, 0.5) is 0 Å². The zero-order valence-electron chi connectivity index (χ0n) is 10.1. The van der Waals surface area contributed by atoms with Gasteiger partial charge in [0.15, 0.2) is 5.84 Å². The third-order valence-electron chi connectivity index (χ3n) is 3.39. The van der Waals surface area contributed by atoms with Gasteiger partial charge >= 0.3 is 0 Å². The lowest BCUT2D eigenvalue weighted by molar-refractivity contribution is 0.275. The van der Waals surface area contributed by atoms with Gasteiger partial charge in [0.1, 0.15) is 4.90 Å². The number of amidine groups is 1. The molecule has 0 saturated carbocycles. The second-order valence-electron chi connectivity index (χ2n) is 4.63. The number of fused-ring (bicyclic) bond motifs is 1. The van der Waals surface area contributed by atoms with Gasteiger partial charge in [-0.1, -0.05) is 12.1 Å². The number of hydrogen-bond acceptors (Lipinski definition) is 4. The maximum absolute atomic E-state index is 12.0. The highest BCUT2D eigenvalue weighted by atomic mass is 32.2. The van der Waals surface area contributed by atoms with Crippen molar-refractivity contribution in [3.63, 3.8) is 0 Å². The quantitative estimate of drug-likeness (QED) is 0.739. The Hall–Kier alpha value is -1.40. The summed E-state index contributed by atoms with van der Waals surface area (Å²) in [5.74, 6) is 0.597. The molecule has 0 aromatic heterocycles. The van der Waals surface area contributed by atoms with Gasteiger partial charge in [-0.2, -0.15) is 8.42 Å². The normalized spacial score (nSPS) is 25.7. The molecule has 2 aliphatic rings. The molecule has 3 rings (SSSR count). The average Bonchev–Trinajstić information content (AvgIpc) is 2.63. The topological polar surface area (TPSA) is 61.8 Å². The van der Waals surface area contributed by atoms with Crippen LogP contribution in [0.15, 0.2) is 33.6 Å². The second-order valence-corrected chi connectivity index (χ2v) is 6.21. The predicted octanol–water partition coefficient (Wildman–Crippen LogP) is 0.429. The van der Waals surface area contributed by atoms with Crippen LogP contribution in [0, 0.1) is 0 Å². The molecule has 0 amide bonds. The van der Waals surface area contributed by atoms with Crippen molar-refractivity contribution in [1.82, 2.24) is 10.2 Å². The highest BCUT2D eigenvalue weighted by Gasteiger charge is 2.33. The van der Waals surface area contributed by atoms with E-state index in [4.69, 9.17) is 0 Å². The fourth-order valence-corrected chi connectivity index (χ4v) is 3.67. The monoisotopic (exact) mass is 265 g/mol. The molecule has 2 aliphatic heterocycles. The summed E-state index contributed by atoms with van der Waals surface area (Å²) in [6, 6.07) is 7.28. The first kappa shape index (κ1) is 11.7. The van der Waals surface area contributed by atoms with Crippen molar-refractivity contribution in [3.05, 3.63) is 29.8 Å². The van der Waals surface area contributed by atoms with Crippen molar-refractivity contribution in [2.24, 2.45) is 4.40 Å². The standard InChI is InChI=1S/C12H15N3O2S/c1-9-8-13-6-7-15(9)12-10-4-2-3-5-11(10)18(16,17)14-12/h2-5,9,13H,6-8H2,1H3/t9-/m1/s1. The van der Waals surface area contributed by atoms with Crippen molar-refractivity contribution in [1.29, 1.82) is 0 Å². The lowest BCUT2D eigenvalue weighted by Gasteiger charge is -2.35. The van der Waals surface area contributed by atoms with E-state index in [1.165, 1.54) is 0 Å². The Morgan fingerprint density at radius 2 is 2.17 bits per heavy atom. The first-order chi connectivity index (χ1) is 8.59. The van der Waals surface area contributed by atoms with Gasteiger partial charge in [-0.3, -0.25) is 0 Å². The van der Waals surface area contributed by atoms with Crippen molar-refractivity contribution in [2.45, 2.75) is 17.9 Å². The van der Waals surface area contributed by atoms with E-state index in [1.54, 1.807) is 12.1 Å². The molecule has 0 aliphatic carbocycles. The van der Waals surface area contributed by atoms with Crippen molar-refractivity contribution >= 4 is 15.9 Å². The predicted molar refractivity (Wildman–Crippen MR) is 69.2 cm³/mol. The zero-order chi connectivity index (χ0) is 12.8. The van der Waals surface area contributed by atoms with Gasteiger partial charge in [-0.25, -0.2) is 0 Å². The molecule has 18 heavy (non-hydrogen) atoms. The van der Waals surface area contributed by atoms with Crippen LogP contribution in [-0.4, -0.2) is 44.8 Å². The Morgan fingerprint density at radius 1 is 1.39 bits per heavy atom. The number of benzene rings is 1. The molecule has 0 unspecified atom stereocenters. The van der Waals surface area contributed by atoms with Crippen LogP contribution in [0.2, 0.25) is 0 Å². The van der Waals surface area contributed by atoms with Crippen LogP contribution in [-0.2, 0) is 10.0 Å². The van der Waals surface area contributed by atoms with Crippen LogP contribution in [0.5, 0.6) is 0 Å². The van der Waals surface area contributed by atoms with E-state index < -0.39 is 10.0 Å². The first-order valence-corrected chi connectivity index (χ1v) is 7.45. The van der Waals surface area contributed by atoms with Gasteiger partial charge < -0.3 is 10.2 Å². The van der Waals surface area contributed by atoms with Crippen LogP contribution in [0.25, 0.3) is 0 Å². The number of rotatable bonds is 0. The third-order valence-corrected chi connectivity index (χ3v) is 4.71. The molecule has 1 saturated heterocycles. The summed E-state index contributed by atoms with van der Waals surface area (Å²) in [6.45, 7) is 4.55. The minimum absolute atomic E-state index is 0.249. The summed E-state index contributed by atoms with van der Waals surface area (Å²) in [5.41, 5.74) is 0.728. The fourth-order valence-electron chi connectivity index (χ4n) is 2.45. The van der Waals surface area contributed by atoms with Gasteiger partial charge in [-0.15, -0.1) is 4.40 Å². The van der Waals surface area contributed by atoms with Crippen LogP contribution < -0.4 is 5.32 Å². The molecular weight excluding hydrogens is 250 g/mol. The van der Waals surface area contributed by atoms with E-state index in [-0.39, 0.29) is 6.04 Å². The van der Waals surface area contributed by atoms with Crippen LogP contribution in [0.1, 0.15) is 12.5 Å². The maximum Gasteiger partial charge on any atom is 0.285 e. The molecule has 1 aromatic rings. The van der Waals surface area contributed by atoms with E-state index >= 15 is 0 Å². The van der Waals surface area contributed by atoms with Crippen LogP contribution >= 0.6 is 0 Å². The largest absolute Gasteiger partial charge is 0.350 e. The highest BCUT2D eigenvalue weighted by Crippen LogP contribution is 2.28. The summed E-state index contributed by atoms with van der Waals surface area (Å²) in [6.07, 6.45) is 0. The lowest BCUT2D eigenvalue weighted by Crippen LogP contribution is -2.52. The zero-order valence-corrected chi connectivity index (χ0v) is 10.9. The summed E-state index contributed by atoms with van der Waals surface area (Å²) in [7, 11) is -3.50. The number of hydrogen-bond donors (Lipinski definition) is 1. The lowest BCUT2D eigenvalue weighted by atomic mass is 10.1. The Bertz CT molecular complexity index is 610. The number of nitrogens with one attached hydrogen (secondary N) is 1. The number of nitrogens with zero attached hydrogens (tertiary/aromatic N) is 2. The molecule has 1 fully saturated rings. The molecule has 1 aromatic carbocycles. The van der Waals surface area contributed by atoms with Gasteiger partial charge in [-0.05, 0) is 19.1 Å². The van der Waals surface area contributed by atoms with Gasteiger partial charge in [0, 0.05) is 31.2 Å². The SMILES string of the molecule is C[C@@H]1CNCCN1C1=NS(=O)(=O)c2ccccc21. The molecule has 0 bridgehead atoms. The van der Waals surface area contributed by atoms with Crippen molar-refractivity contribution in [2.75, 3.05) is 19.6 Å². The highest BCUT2D eigenvalue weighted by molar-refractivity contribution is 7.90. The average molecular weight is 265 g/mol. The Kier molecular flexibility index (Phi) is 2.64. The second kappa shape index (κ2) is 4.07. The van der Waals surface area contributed by atoms with Crippen molar-refractivity contribution < 1.29 is 8.42 Å². The number of piperazine rings is 1. The molecule has 1 N–H and O–H groups in total. The number of sulfonamides is 1. The molecular formula is C12H15N3O2S. The van der Waals surface area contributed by atoms with E-state index in [0.29, 0.717) is 10.7 Å². The molecule has 6 heteroatoms. The minimum atomic E-state index is -3.50. The van der Waals surface area contributed by atoms with Gasteiger partial charge in [0.25, 0.3) is 10.0 Å². The summed E-state index contributed by atoms with van der Waals surface area (Å²) in [5, 5.41) is 3.29. The summed E-state index contributed by atoms with van der Waals surface area (Å²) < 4.78 is 27.9. The van der Waals surface area contributed by atoms with E-state index in [2.05, 4.69) is 21.5 Å². The minimum Gasteiger partial charge on any atom is -0.350 e. The fraction of sp³-hybridized carbons (Fsp3) is 0.417. The molecule has 96 valence electrons. The Balaban J connectivity index is 2.09. The van der Waals surface area contributed by atoms with Gasteiger partial charge in [0.05, 0.1) is 0 Å². The molecule has 0 radical (unpaired) electrons. The smallest absolute Gasteiger partial charge is 0.285 e. The van der Waals surface area contributed by atoms with Gasteiger partial charge in [0.2, 0.25) is 0 Å². The first-order valence-electron chi connectivity index (χ1n) is 6.01. The Labute approximate surface area is 107 Å². The van der Waals surface area contributed by atoms with Crippen LogP contribution in [0.3, 0.4) is 0 Å². The van der Waals surface area contributed by atoms with E-state index in [9.17, 15) is 8.42 Å². The summed E-state index contributed by atoms with van der Waals surface area (Å²) >= 11 is 0.